The van der Waals surface area contributed by atoms with Crippen molar-refractivity contribution in [3.63, 3.8) is 0 Å². The summed E-state index contributed by atoms with van der Waals surface area (Å²) in [5.74, 6) is 0.457. The number of carbonyl (C=O) groups excluding carboxylic acids is 1. The Morgan fingerprint density at radius 2 is 1.80 bits per heavy atom. The van der Waals surface area contributed by atoms with E-state index in [1.807, 2.05) is 30.3 Å². The quantitative estimate of drug-likeness (QED) is 0.547. The van der Waals surface area contributed by atoms with Crippen LogP contribution in [0.2, 0.25) is 0 Å². The summed E-state index contributed by atoms with van der Waals surface area (Å²) in [6, 6.07) is 15.8. The Labute approximate surface area is 153 Å². The Hall–Kier alpha value is -1.83. The highest BCUT2D eigenvalue weighted by atomic mass is 32.2. The summed E-state index contributed by atoms with van der Waals surface area (Å²) in [5.41, 5.74) is 0.330. The third-order valence-corrected chi connectivity index (χ3v) is 5.87. The summed E-state index contributed by atoms with van der Waals surface area (Å²) in [7, 11) is -3.61. The molecule has 134 valence electrons. The molecule has 0 fully saturated rings. The monoisotopic (exact) mass is 378 g/mol. The average molecular weight is 379 g/mol. The predicted octanol–water partition coefficient (Wildman–Crippen LogP) is 2.90. The van der Waals surface area contributed by atoms with E-state index < -0.39 is 10.0 Å². The van der Waals surface area contributed by atoms with Crippen LogP contribution < -0.4 is 10.0 Å². The molecular weight excluding hydrogens is 356 g/mol. The van der Waals surface area contributed by atoms with Gasteiger partial charge in [-0.2, -0.15) is 0 Å². The molecule has 1 amide bonds. The number of thioether (sulfide) groups is 1. The zero-order valence-electron chi connectivity index (χ0n) is 14.2. The number of carbonyl (C=O) groups is 1. The zero-order valence-corrected chi connectivity index (χ0v) is 15.9. The van der Waals surface area contributed by atoms with Crippen LogP contribution in [0.5, 0.6) is 0 Å². The van der Waals surface area contributed by atoms with Crippen LogP contribution in [0.1, 0.15) is 24.2 Å². The Morgan fingerprint density at radius 3 is 2.48 bits per heavy atom. The summed E-state index contributed by atoms with van der Waals surface area (Å²) in [5, 5.41) is 2.81. The van der Waals surface area contributed by atoms with Gasteiger partial charge in [0, 0.05) is 28.8 Å². The van der Waals surface area contributed by atoms with Crippen molar-refractivity contribution in [2.45, 2.75) is 29.7 Å². The fourth-order valence-electron chi connectivity index (χ4n) is 2.14. The molecule has 2 aromatic rings. The largest absolute Gasteiger partial charge is 0.351 e. The molecule has 0 radical (unpaired) electrons. The molecule has 2 N–H and O–H groups in total. The molecule has 0 heterocycles. The van der Waals surface area contributed by atoms with E-state index >= 15 is 0 Å². The first-order valence-electron chi connectivity index (χ1n) is 7.97. The molecule has 0 unspecified atom stereocenters. The fraction of sp³-hybridized carbons (Fsp3) is 0.278. The van der Waals surface area contributed by atoms with Gasteiger partial charge >= 0.3 is 0 Å². The molecular formula is C18H22N2O3S2. The molecule has 0 bridgehead atoms. The zero-order chi connectivity index (χ0) is 18.3. The van der Waals surface area contributed by atoms with E-state index in [4.69, 9.17) is 0 Å². The maximum atomic E-state index is 12.2. The van der Waals surface area contributed by atoms with E-state index in [0.29, 0.717) is 12.1 Å². The summed E-state index contributed by atoms with van der Waals surface area (Å²) in [6.07, 6.45) is 0. The average Bonchev–Trinajstić information content (AvgIpc) is 2.58. The summed E-state index contributed by atoms with van der Waals surface area (Å²) in [4.78, 5) is 13.5. The fourth-order valence-corrected chi connectivity index (χ4v) is 4.22. The van der Waals surface area contributed by atoms with Crippen LogP contribution in [-0.4, -0.2) is 32.7 Å². The third kappa shape index (κ3) is 6.19. The highest BCUT2D eigenvalue weighted by molar-refractivity contribution is 7.99. The molecule has 0 aliphatic rings. The molecule has 2 rings (SSSR count). The number of benzene rings is 2. The molecule has 0 saturated heterocycles. The number of amides is 1. The highest BCUT2D eigenvalue weighted by Gasteiger charge is 2.17. The lowest BCUT2D eigenvalue weighted by Crippen LogP contribution is -2.30. The lowest BCUT2D eigenvalue weighted by Gasteiger charge is -2.11. The number of hydrogen-bond acceptors (Lipinski definition) is 4. The highest BCUT2D eigenvalue weighted by Crippen LogP contribution is 2.16. The van der Waals surface area contributed by atoms with Gasteiger partial charge < -0.3 is 5.32 Å². The third-order valence-electron chi connectivity index (χ3n) is 3.20. The van der Waals surface area contributed by atoms with E-state index in [1.165, 1.54) is 12.1 Å². The number of sulfonamides is 1. The minimum atomic E-state index is -3.61. The van der Waals surface area contributed by atoms with E-state index in [-0.39, 0.29) is 16.8 Å². The Morgan fingerprint density at radius 1 is 1.08 bits per heavy atom. The molecule has 2 aromatic carbocycles. The molecule has 0 atom stereocenters. The van der Waals surface area contributed by atoms with E-state index in [9.17, 15) is 13.2 Å². The van der Waals surface area contributed by atoms with Crippen LogP contribution in [-0.2, 0) is 10.0 Å². The molecule has 0 aliphatic carbocycles. The molecule has 0 saturated carbocycles. The Balaban J connectivity index is 1.92. The molecule has 0 aliphatic heterocycles. The van der Waals surface area contributed by atoms with Gasteiger partial charge in [-0.1, -0.05) is 24.3 Å². The van der Waals surface area contributed by atoms with E-state index in [1.54, 1.807) is 37.7 Å². The minimum Gasteiger partial charge on any atom is -0.351 e. The van der Waals surface area contributed by atoms with Gasteiger partial charge in [-0.15, -0.1) is 11.8 Å². The number of nitrogens with one attached hydrogen (secondary N) is 2. The van der Waals surface area contributed by atoms with Crippen molar-refractivity contribution in [1.82, 2.24) is 10.0 Å². The van der Waals surface area contributed by atoms with Gasteiger partial charge in [0.15, 0.2) is 0 Å². The van der Waals surface area contributed by atoms with Gasteiger partial charge in [0.05, 0.1) is 4.90 Å². The molecule has 7 heteroatoms. The second-order valence-corrected chi connectivity index (χ2v) is 8.60. The SMILES string of the molecule is CC(C)NS(=O)(=O)c1cccc(C(=O)NCCSc2ccccc2)c1. The van der Waals surface area contributed by atoms with Crippen molar-refractivity contribution in [2.75, 3.05) is 12.3 Å². The Kier molecular flexibility index (Phi) is 7.04. The van der Waals surface area contributed by atoms with Crippen molar-refractivity contribution >= 4 is 27.7 Å². The van der Waals surface area contributed by atoms with Crippen LogP contribution in [0.3, 0.4) is 0 Å². The topological polar surface area (TPSA) is 75.3 Å². The Bertz CT molecular complexity index is 806. The first-order valence-corrected chi connectivity index (χ1v) is 10.4. The summed E-state index contributed by atoms with van der Waals surface area (Å²) < 4.78 is 26.9. The lowest BCUT2D eigenvalue weighted by molar-refractivity contribution is 0.0956. The molecule has 25 heavy (non-hydrogen) atoms. The normalized spacial score (nSPS) is 11.5. The first kappa shape index (κ1) is 19.5. The lowest BCUT2D eigenvalue weighted by atomic mass is 10.2. The first-order chi connectivity index (χ1) is 11.9. The van der Waals surface area contributed by atoms with Crippen molar-refractivity contribution < 1.29 is 13.2 Å². The number of hydrogen-bond donors (Lipinski definition) is 2. The van der Waals surface area contributed by atoms with E-state index in [0.717, 1.165) is 10.6 Å². The summed E-state index contributed by atoms with van der Waals surface area (Å²) >= 11 is 1.65. The van der Waals surface area contributed by atoms with Crippen molar-refractivity contribution in [2.24, 2.45) is 0 Å². The van der Waals surface area contributed by atoms with Crippen LogP contribution in [0.4, 0.5) is 0 Å². The second kappa shape index (κ2) is 9.03. The predicted molar refractivity (Wildman–Crippen MR) is 101 cm³/mol. The van der Waals surface area contributed by atoms with Crippen molar-refractivity contribution in [3.05, 3.63) is 60.2 Å². The van der Waals surface area contributed by atoms with Gasteiger partial charge in [-0.25, -0.2) is 13.1 Å². The van der Waals surface area contributed by atoms with Gasteiger partial charge in [0.2, 0.25) is 10.0 Å². The molecule has 5 nitrogen and oxygen atoms in total. The maximum Gasteiger partial charge on any atom is 0.251 e. The summed E-state index contributed by atoms with van der Waals surface area (Å²) in [6.45, 7) is 4.00. The van der Waals surface area contributed by atoms with Gasteiger partial charge in [0.1, 0.15) is 0 Å². The minimum absolute atomic E-state index is 0.0903. The maximum absolute atomic E-state index is 12.2. The van der Waals surface area contributed by atoms with Gasteiger partial charge in [0.25, 0.3) is 5.91 Å². The second-order valence-electron chi connectivity index (χ2n) is 5.72. The van der Waals surface area contributed by atoms with Gasteiger partial charge in [-0.05, 0) is 44.2 Å². The number of rotatable bonds is 8. The van der Waals surface area contributed by atoms with Crippen molar-refractivity contribution in [3.8, 4) is 0 Å². The van der Waals surface area contributed by atoms with E-state index in [2.05, 4.69) is 10.0 Å². The van der Waals surface area contributed by atoms with Gasteiger partial charge in [-0.3, -0.25) is 4.79 Å². The van der Waals surface area contributed by atoms with Crippen molar-refractivity contribution in [1.29, 1.82) is 0 Å². The molecule has 0 aromatic heterocycles. The standard InChI is InChI=1S/C18H22N2O3S2/c1-14(2)20-25(22,23)17-10-6-7-15(13-17)18(21)19-11-12-24-16-8-4-3-5-9-16/h3-10,13-14,20H,11-12H2,1-2H3,(H,19,21). The van der Waals surface area contributed by atoms with Crippen LogP contribution in [0.15, 0.2) is 64.4 Å². The molecule has 0 spiro atoms. The van der Waals surface area contributed by atoms with Crippen LogP contribution in [0, 0.1) is 0 Å². The smallest absolute Gasteiger partial charge is 0.251 e. The van der Waals surface area contributed by atoms with Crippen LogP contribution in [0.25, 0.3) is 0 Å². The van der Waals surface area contributed by atoms with Crippen LogP contribution >= 0.6 is 11.8 Å².